The minimum absolute atomic E-state index is 0.576. The molecule has 0 saturated carbocycles. The third-order valence-corrected chi connectivity index (χ3v) is 3.99. The van der Waals surface area contributed by atoms with Crippen molar-refractivity contribution in [3.05, 3.63) is 29.0 Å². The van der Waals surface area contributed by atoms with Crippen LogP contribution in [0.4, 0.5) is 0 Å². The Kier molecular flexibility index (Phi) is 4.41. The Labute approximate surface area is 109 Å². The van der Waals surface area contributed by atoms with E-state index in [9.17, 15) is 0 Å². The second kappa shape index (κ2) is 5.83. The number of piperidine rings is 1. The summed E-state index contributed by atoms with van der Waals surface area (Å²) >= 11 is 5.78. The van der Waals surface area contributed by atoms with E-state index in [0.29, 0.717) is 5.15 Å². The highest BCUT2D eigenvalue weighted by Crippen LogP contribution is 2.25. The average molecular weight is 253 g/mol. The van der Waals surface area contributed by atoms with Crippen molar-refractivity contribution in [2.24, 2.45) is 11.8 Å². The van der Waals surface area contributed by atoms with Crippen molar-refractivity contribution in [2.45, 2.75) is 33.2 Å². The van der Waals surface area contributed by atoms with Crippen molar-refractivity contribution < 1.29 is 0 Å². The number of pyridine rings is 1. The zero-order valence-corrected chi connectivity index (χ0v) is 11.5. The lowest BCUT2D eigenvalue weighted by molar-refractivity contribution is 0.152. The maximum atomic E-state index is 5.78. The number of rotatable bonds is 3. The van der Waals surface area contributed by atoms with E-state index in [2.05, 4.69) is 29.8 Å². The molecule has 0 unspecified atom stereocenters. The molecule has 0 radical (unpaired) electrons. The summed E-state index contributed by atoms with van der Waals surface area (Å²) in [5, 5.41) is 0.576. The van der Waals surface area contributed by atoms with Crippen molar-refractivity contribution in [3.8, 4) is 0 Å². The first-order chi connectivity index (χ1) is 8.15. The minimum atomic E-state index is 0.576. The molecule has 2 nitrogen and oxygen atoms in total. The number of nitrogens with zero attached hydrogens (tertiary/aromatic N) is 2. The predicted octanol–water partition coefficient (Wildman–Crippen LogP) is 3.60. The number of aromatic nitrogens is 1. The van der Waals surface area contributed by atoms with Crippen LogP contribution >= 0.6 is 11.6 Å². The predicted molar refractivity (Wildman–Crippen MR) is 72.1 cm³/mol. The van der Waals surface area contributed by atoms with Crippen molar-refractivity contribution in [1.29, 1.82) is 0 Å². The third-order valence-electron chi connectivity index (χ3n) is 3.77. The molecule has 3 heteroatoms. The summed E-state index contributed by atoms with van der Waals surface area (Å²) in [5.74, 6) is 1.74. The Morgan fingerprint density at radius 2 is 2.06 bits per heavy atom. The summed E-state index contributed by atoms with van der Waals surface area (Å²) in [6, 6.07) is 3.95. The summed E-state index contributed by atoms with van der Waals surface area (Å²) in [4.78, 5) is 6.64. The van der Waals surface area contributed by atoms with Gasteiger partial charge in [-0.25, -0.2) is 4.98 Å². The van der Waals surface area contributed by atoms with Gasteiger partial charge in [-0.2, -0.15) is 0 Å². The van der Waals surface area contributed by atoms with E-state index in [0.717, 1.165) is 18.4 Å². The molecule has 1 aromatic heterocycles. The van der Waals surface area contributed by atoms with Crippen LogP contribution < -0.4 is 0 Å². The third kappa shape index (κ3) is 3.68. The molecular formula is C14H21ClN2. The molecule has 1 fully saturated rings. The maximum Gasteiger partial charge on any atom is 0.129 e. The lowest BCUT2D eigenvalue weighted by atomic mass is 9.86. The van der Waals surface area contributed by atoms with Gasteiger partial charge in [-0.05, 0) is 49.4 Å². The average Bonchev–Trinajstić information content (AvgIpc) is 2.33. The zero-order chi connectivity index (χ0) is 12.3. The fraction of sp³-hybridized carbons (Fsp3) is 0.643. The van der Waals surface area contributed by atoms with E-state index < -0.39 is 0 Å². The van der Waals surface area contributed by atoms with Crippen LogP contribution in [0.2, 0.25) is 5.15 Å². The van der Waals surface area contributed by atoms with Crippen LogP contribution in [-0.2, 0) is 6.54 Å². The van der Waals surface area contributed by atoms with Crippen LogP contribution in [0.1, 0.15) is 32.3 Å². The van der Waals surface area contributed by atoms with Gasteiger partial charge in [0.05, 0.1) is 0 Å². The van der Waals surface area contributed by atoms with Crippen LogP contribution in [0, 0.1) is 11.8 Å². The number of hydrogen-bond acceptors (Lipinski definition) is 2. The molecule has 0 aromatic carbocycles. The highest BCUT2D eigenvalue weighted by atomic mass is 35.5. The quantitative estimate of drug-likeness (QED) is 0.764. The first kappa shape index (κ1) is 12.8. The van der Waals surface area contributed by atoms with E-state index in [1.54, 1.807) is 0 Å². The highest BCUT2D eigenvalue weighted by molar-refractivity contribution is 6.29. The van der Waals surface area contributed by atoms with Gasteiger partial charge in [0, 0.05) is 12.7 Å². The summed E-state index contributed by atoms with van der Waals surface area (Å²) < 4.78 is 0. The SMILES string of the molecule is CC(C)C1CCN(Cc2ccc(Cl)nc2)CC1. The molecular weight excluding hydrogens is 232 g/mol. The lowest BCUT2D eigenvalue weighted by Gasteiger charge is -2.33. The summed E-state index contributed by atoms with van der Waals surface area (Å²) in [6.45, 7) is 8.11. The lowest BCUT2D eigenvalue weighted by Crippen LogP contribution is -2.34. The van der Waals surface area contributed by atoms with E-state index in [4.69, 9.17) is 11.6 Å². The van der Waals surface area contributed by atoms with Gasteiger partial charge in [-0.1, -0.05) is 31.5 Å². The second-order valence-electron chi connectivity index (χ2n) is 5.35. The minimum Gasteiger partial charge on any atom is -0.299 e. The monoisotopic (exact) mass is 252 g/mol. The van der Waals surface area contributed by atoms with Crippen molar-refractivity contribution in [2.75, 3.05) is 13.1 Å². The molecule has 0 bridgehead atoms. The first-order valence-corrected chi connectivity index (χ1v) is 6.85. The Balaban J connectivity index is 1.84. The molecule has 2 rings (SSSR count). The molecule has 0 aliphatic carbocycles. The fourth-order valence-electron chi connectivity index (χ4n) is 2.54. The van der Waals surface area contributed by atoms with E-state index in [1.807, 2.05) is 12.3 Å². The van der Waals surface area contributed by atoms with Crippen molar-refractivity contribution >= 4 is 11.6 Å². The van der Waals surface area contributed by atoms with Gasteiger partial charge in [0.1, 0.15) is 5.15 Å². The van der Waals surface area contributed by atoms with Crippen LogP contribution in [-0.4, -0.2) is 23.0 Å². The van der Waals surface area contributed by atoms with Crippen LogP contribution in [0.15, 0.2) is 18.3 Å². The molecule has 0 N–H and O–H groups in total. The molecule has 17 heavy (non-hydrogen) atoms. The van der Waals surface area contributed by atoms with Gasteiger partial charge >= 0.3 is 0 Å². The zero-order valence-electron chi connectivity index (χ0n) is 10.7. The van der Waals surface area contributed by atoms with Crippen LogP contribution in [0.25, 0.3) is 0 Å². The molecule has 0 spiro atoms. The largest absolute Gasteiger partial charge is 0.299 e. The highest BCUT2D eigenvalue weighted by Gasteiger charge is 2.21. The van der Waals surface area contributed by atoms with Gasteiger partial charge in [0.2, 0.25) is 0 Å². The van der Waals surface area contributed by atoms with Crippen molar-refractivity contribution in [1.82, 2.24) is 9.88 Å². The number of likely N-dealkylation sites (tertiary alicyclic amines) is 1. The molecule has 1 aromatic rings. The summed E-state index contributed by atoms with van der Waals surface area (Å²) in [7, 11) is 0. The Hall–Kier alpha value is -0.600. The smallest absolute Gasteiger partial charge is 0.129 e. The van der Waals surface area contributed by atoms with E-state index in [-0.39, 0.29) is 0 Å². The molecule has 1 aliphatic rings. The van der Waals surface area contributed by atoms with Gasteiger partial charge in [-0.15, -0.1) is 0 Å². The molecule has 0 atom stereocenters. The number of hydrogen-bond donors (Lipinski definition) is 0. The van der Waals surface area contributed by atoms with Gasteiger partial charge < -0.3 is 0 Å². The Bertz CT molecular complexity index is 340. The van der Waals surface area contributed by atoms with Gasteiger partial charge in [0.25, 0.3) is 0 Å². The first-order valence-electron chi connectivity index (χ1n) is 6.48. The molecule has 2 heterocycles. The Morgan fingerprint density at radius 1 is 1.35 bits per heavy atom. The van der Waals surface area contributed by atoms with Crippen LogP contribution in [0.5, 0.6) is 0 Å². The molecule has 1 saturated heterocycles. The second-order valence-corrected chi connectivity index (χ2v) is 5.73. The normalized spacial score (nSPS) is 18.8. The maximum absolute atomic E-state index is 5.78. The molecule has 1 aliphatic heterocycles. The van der Waals surface area contributed by atoms with Crippen LogP contribution in [0.3, 0.4) is 0 Å². The van der Waals surface area contributed by atoms with Gasteiger partial charge in [-0.3, -0.25) is 4.90 Å². The van der Waals surface area contributed by atoms with Crippen molar-refractivity contribution in [3.63, 3.8) is 0 Å². The van der Waals surface area contributed by atoms with Gasteiger partial charge in [0.15, 0.2) is 0 Å². The number of halogens is 1. The Morgan fingerprint density at radius 3 is 2.59 bits per heavy atom. The molecule has 0 amide bonds. The fourth-order valence-corrected chi connectivity index (χ4v) is 2.65. The molecule has 94 valence electrons. The summed E-state index contributed by atoms with van der Waals surface area (Å²) in [6.07, 6.45) is 4.55. The summed E-state index contributed by atoms with van der Waals surface area (Å²) in [5.41, 5.74) is 1.26. The van der Waals surface area contributed by atoms with E-state index >= 15 is 0 Å². The topological polar surface area (TPSA) is 16.1 Å². The van der Waals surface area contributed by atoms with E-state index in [1.165, 1.54) is 31.5 Å². The standard InChI is InChI=1S/C14H21ClN2/c1-11(2)13-5-7-17(8-6-13)10-12-3-4-14(15)16-9-12/h3-4,9,11,13H,5-8,10H2,1-2H3.